The lowest BCUT2D eigenvalue weighted by Gasteiger charge is -2.11. The van der Waals surface area contributed by atoms with Crippen molar-refractivity contribution in [1.82, 2.24) is 14.2 Å². The maximum atomic E-state index is 14.4. The fourth-order valence-corrected chi connectivity index (χ4v) is 3.05. The van der Waals surface area contributed by atoms with Crippen LogP contribution in [0.2, 0.25) is 10.0 Å². The van der Waals surface area contributed by atoms with Gasteiger partial charge in [0.25, 0.3) is 0 Å². The number of esters is 1. The molecule has 0 aliphatic heterocycles. The minimum atomic E-state index is -1.01. The van der Waals surface area contributed by atoms with Crippen LogP contribution in [-0.2, 0) is 16.0 Å². The molecule has 136 valence electrons. The number of aromatic nitrogens is 3. The standard InChI is InChI=1S/C16H11Cl3FN3O3/c1-26-15(24)11(19)4-8-5-13(12(20)6-10(8)18)23-16(25)22-7-9(17)2-3-14(22)21-23/h2-3,5-7,11H,4H2,1H3. The van der Waals surface area contributed by atoms with Crippen molar-refractivity contribution in [3.8, 4) is 5.69 Å². The largest absolute Gasteiger partial charge is 0.468 e. The van der Waals surface area contributed by atoms with E-state index in [0.717, 1.165) is 10.7 Å². The molecule has 1 aromatic carbocycles. The number of fused-ring (bicyclic) bond motifs is 1. The summed E-state index contributed by atoms with van der Waals surface area (Å²) in [4.78, 5) is 24.0. The second kappa shape index (κ2) is 7.26. The zero-order valence-electron chi connectivity index (χ0n) is 13.2. The average molecular weight is 419 g/mol. The van der Waals surface area contributed by atoms with Crippen molar-refractivity contribution in [2.24, 2.45) is 0 Å². The van der Waals surface area contributed by atoms with Crippen molar-refractivity contribution in [2.75, 3.05) is 7.11 Å². The summed E-state index contributed by atoms with van der Waals surface area (Å²) in [7, 11) is 1.21. The zero-order valence-corrected chi connectivity index (χ0v) is 15.5. The quantitative estimate of drug-likeness (QED) is 0.482. The average Bonchev–Trinajstić information content (AvgIpc) is 2.92. The Morgan fingerprint density at radius 2 is 2.08 bits per heavy atom. The number of benzene rings is 1. The van der Waals surface area contributed by atoms with Crippen LogP contribution in [0.1, 0.15) is 5.56 Å². The Morgan fingerprint density at radius 3 is 2.77 bits per heavy atom. The van der Waals surface area contributed by atoms with Crippen molar-refractivity contribution in [3.63, 3.8) is 0 Å². The first-order chi connectivity index (χ1) is 12.3. The van der Waals surface area contributed by atoms with Crippen molar-refractivity contribution < 1.29 is 13.9 Å². The molecule has 3 rings (SSSR count). The predicted octanol–water partition coefficient (Wildman–Crippen LogP) is 3.25. The number of hydrogen-bond acceptors (Lipinski definition) is 4. The minimum Gasteiger partial charge on any atom is -0.468 e. The van der Waals surface area contributed by atoms with Crippen LogP contribution in [-0.4, -0.2) is 32.6 Å². The van der Waals surface area contributed by atoms with Gasteiger partial charge in [-0.15, -0.1) is 16.7 Å². The molecule has 1 atom stereocenters. The lowest BCUT2D eigenvalue weighted by molar-refractivity contribution is -0.140. The topological polar surface area (TPSA) is 65.6 Å². The number of pyridine rings is 1. The molecule has 10 heteroatoms. The Kier molecular flexibility index (Phi) is 5.22. The van der Waals surface area contributed by atoms with Gasteiger partial charge in [-0.3, -0.25) is 4.79 Å². The predicted molar refractivity (Wildman–Crippen MR) is 96.1 cm³/mol. The summed E-state index contributed by atoms with van der Waals surface area (Å²) in [6.45, 7) is 0. The van der Waals surface area contributed by atoms with Crippen LogP contribution in [0.15, 0.2) is 35.3 Å². The molecule has 0 aliphatic carbocycles. The van der Waals surface area contributed by atoms with E-state index >= 15 is 0 Å². The fourth-order valence-electron chi connectivity index (χ4n) is 2.41. The van der Waals surface area contributed by atoms with Gasteiger partial charge < -0.3 is 4.74 Å². The van der Waals surface area contributed by atoms with Gasteiger partial charge in [-0.05, 0) is 29.8 Å². The molecule has 0 radical (unpaired) electrons. The minimum absolute atomic E-state index is 0.00566. The van der Waals surface area contributed by atoms with Crippen LogP contribution in [0.4, 0.5) is 4.39 Å². The van der Waals surface area contributed by atoms with E-state index in [9.17, 15) is 14.0 Å². The monoisotopic (exact) mass is 417 g/mol. The lowest BCUT2D eigenvalue weighted by atomic mass is 10.1. The Morgan fingerprint density at radius 1 is 1.35 bits per heavy atom. The highest BCUT2D eigenvalue weighted by Gasteiger charge is 2.21. The van der Waals surface area contributed by atoms with Crippen molar-refractivity contribution in [3.05, 3.63) is 62.4 Å². The molecular formula is C16H11Cl3FN3O3. The molecular weight excluding hydrogens is 408 g/mol. The van der Waals surface area contributed by atoms with Gasteiger partial charge in [0.1, 0.15) is 11.1 Å². The number of carbonyl (C=O) groups excluding carboxylic acids is 1. The third kappa shape index (κ3) is 3.42. The van der Waals surface area contributed by atoms with Gasteiger partial charge >= 0.3 is 11.7 Å². The Hall–Kier alpha value is -2.09. The third-order valence-electron chi connectivity index (χ3n) is 3.68. The van der Waals surface area contributed by atoms with Crippen molar-refractivity contribution >= 4 is 46.4 Å². The maximum absolute atomic E-state index is 14.4. The van der Waals surface area contributed by atoms with E-state index in [4.69, 9.17) is 34.8 Å². The normalized spacial score (nSPS) is 12.3. The number of ether oxygens (including phenoxy) is 1. The number of rotatable bonds is 4. The van der Waals surface area contributed by atoms with Gasteiger partial charge in [0.15, 0.2) is 11.5 Å². The number of halogens is 4. The first-order valence-corrected chi connectivity index (χ1v) is 8.48. The molecule has 2 aromatic heterocycles. The van der Waals surface area contributed by atoms with E-state index in [0.29, 0.717) is 16.2 Å². The molecule has 3 aromatic rings. The summed E-state index contributed by atoms with van der Waals surface area (Å²) in [5.41, 5.74) is -0.0662. The van der Waals surface area contributed by atoms with E-state index in [1.54, 1.807) is 6.07 Å². The second-order valence-corrected chi connectivity index (χ2v) is 6.73. The summed E-state index contributed by atoms with van der Waals surface area (Å²) >= 11 is 17.9. The van der Waals surface area contributed by atoms with Gasteiger partial charge in [-0.25, -0.2) is 13.6 Å². The summed E-state index contributed by atoms with van der Waals surface area (Å²) in [6.07, 6.45) is 1.37. The second-order valence-electron chi connectivity index (χ2n) is 5.36. The zero-order chi connectivity index (χ0) is 19.0. The molecule has 2 heterocycles. The summed E-state index contributed by atoms with van der Waals surface area (Å²) < 4.78 is 21.1. The summed E-state index contributed by atoms with van der Waals surface area (Å²) in [6, 6.07) is 5.45. The van der Waals surface area contributed by atoms with Crippen LogP contribution >= 0.6 is 34.8 Å². The molecule has 26 heavy (non-hydrogen) atoms. The number of methoxy groups -OCH3 is 1. The van der Waals surface area contributed by atoms with Crippen LogP contribution in [0, 0.1) is 5.82 Å². The van der Waals surface area contributed by atoms with Crippen LogP contribution in [0.5, 0.6) is 0 Å². The van der Waals surface area contributed by atoms with E-state index in [2.05, 4.69) is 9.84 Å². The van der Waals surface area contributed by atoms with Crippen LogP contribution < -0.4 is 5.69 Å². The molecule has 0 spiro atoms. The number of nitrogens with zero attached hydrogens (tertiary/aromatic N) is 3. The SMILES string of the molecule is COC(=O)C(Cl)Cc1cc(-n2nc3ccc(Cl)cn3c2=O)c(F)cc1Cl. The third-order valence-corrected chi connectivity index (χ3v) is 4.59. The number of carbonyl (C=O) groups is 1. The van der Waals surface area contributed by atoms with Gasteiger partial charge in [0.2, 0.25) is 0 Å². The summed E-state index contributed by atoms with van der Waals surface area (Å²) in [5.74, 6) is -1.40. The van der Waals surface area contributed by atoms with Crippen LogP contribution in [0.25, 0.3) is 11.3 Å². The Labute approximate surface area is 161 Å². The fraction of sp³-hybridized carbons (Fsp3) is 0.188. The number of hydrogen-bond donors (Lipinski definition) is 0. The Bertz CT molecular complexity index is 1060. The maximum Gasteiger partial charge on any atom is 0.355 e. The van der Waals surface area contributed by atoms with E-state index in [-0.39, 0.29) is 17.1 Å². The van der Waals surface area contributed by atoms with Gasteiger partial charge in [0, 0.05) is 17.6 Å². The molecule has 0 saturated carbocycles. The molecule has 0 aliphatic rings. The van der Waals surface area contributed by atoms with E-state index < -0.39 is 22.9 Å². The molecule has 0 N–H and O–H groups in total. The summed E-state index contributed by atoms with van der Waals surface area (Å²) in [5, 5.41) is 3.48. The first kappa shape index (κ1) is 18.7. The van der Waals surface area contributed by atoms with Crippen LogP contribution in [0.3, 0.4) is 0 Å². The molecule has 1 unspecified atom stereocenters. The number of alkyl halides is 1. The van der Waals surface area contributed by atoms with E-state index in [1.165, 1.54) is 29.8 Å². The molecule has 6 nitrogen and oxygen atoms in total. The molecule has 0 bridgehead atoms. The Balaban J connectivity index is 2.11. The highest BCUT2D eigenvalue weighted by molar-refractivity contribution is 6.32. The first-order valence-electron chi connectivity index (χ1n) is 7.29. The van der Waals surface area contributed by atoms with E-state index in [1.807, 2.05) is 0 Å². The van der Waals surface area contributed by atoms with Gasteiger partial charge in [-0.1, -0.05) is 23.2 Å². The molecule has 0 saturated heterocycles. The molecule has 0 amide bonds. The van der Waals surface area contributed by atoms with Gasteiger partial charge in [0.05, 0.1) is 12.1 Å². The smallest absolute Gasteiger partial charge is 0.355 e. The molecule has 0 fully saturated rings. The highest BCUT2D eigenvalue weighted by Crippen LogP contribution is 2.25. The highest BCUT2D eigenvalue weighted by atomic mass is 35.5. The lowest BCUT2D eigenvalue weighted by Crippen LogP contribution is -2.22. The van der Waals surface area contributed by atoms with Crippen molar-refractivity contribution in [1.29, 1.82) is 0 Å². The van der Waals surface area contributed by atoms with Gasteiger partial charge in [-0.2, -0.15) is 4.68 Å². The van der Waals surface area contributed by atoms with Crippen molar-refractivity contribution in [2.45, 2.75) is 11.8 Å².